The van der Waals surface area contributed by atoms with Gasteiger partial charge in [0, 0.05) is 13.1 Å². The van der Waals surface area contributed by atoms with Crippen molar-refractivity contribution in [2.45, 2.75) is 13.5 Å². The van der Waals surface area contributed by atoms with Crippen LogP contribution in [0, 0.1) is 11.6 Å². The van der Waals surface area contributed by atoms with E-state index in [1.807, 2.05) is 4.72 Å². The minimum absolute atomic E-state index is 0.0196. The van der Waals surface area contributed by atoms with Gasteiger partial charge in [0.1, 0.15) is 5.75 Å². The molecule has 0 aliphatic rings. The van der Waals surface area contributed by atoms with E-state index in [-0.39, 0.29) is 13.1 Å². The maximum atomic E-state index is 13.1. The highest BCUT2D eigenvalue weighted by Crippen LogP contribution is 2.11. The van der Waals surface area contributed by atoms with E-state index in [9.17, 15) is 22.0 Å². The van der Waals surface area contributed by atoms with Gasteiger partial charge in [-0.05, 0) is 31.7 Å². The van der Waals surface area contributed by atoms with Crippen LogP contribution in [0.1, 0.15) is 12.5 Å². The average Bonchev–Trinajstić information content (AvgIpc) is 2.39. The number of carbonyl (C=O) groups excluding carboxylic acids is 1. The van der Waals surface area contributed by atoms with Crippen LogP contribution in [-0.4, -0.2) is 38.6 Å². The zero-order valence-corrected chi connectivity index (χ0v) is 12.0. The van der Waals surface area contributed by atoms with E-state index in [2.05, 4.69) is 0 Å². The fourth-order valence-corrected chi connectivity index (χ4v) is 2.21. The van der Waals surface area contributed by atoms with Gasteiger partial charge >= 0.3 is 0 Å². The molecule has 1 aromatic carbocycles. The third-order valence-corrected chi connectivity index (χ3v) is 3.97. The number of nitrogens with zero attached hydrogens (tertiary/aromatic N) is 1. The molecule has 5 nitrogen and oxygen atoms in total. The van der Waals surface area contributed by atoms with E-state index in [1.54, 1.807) is 6.92 Å². The Balaban J connectivity index is 2.81. The van der Waals surface area contributed by atoms with E-state index < -0.39 is 33.3 Å². The van der Waals surface area contributed by atoms with Crippen molar-refractivity contribution < 1.29 is 22.0 Å². The Hall–Kier alpha value is -1.54. The first-order valence-corrected chi connectivity index (χ1v) is 7.57. The quantitative estimate of drug-likeness (QED) is 0.848. The number of sulfonamides is 1. The van der Waals surface area contributed by atoms with E-state index in [0.717, 1.165) is 12.1 Å². The maximum absolute atomic E-state index is 13.1. The summed E-state index contributed by atoms with van der Waals surface area (Å²) < 4.78 is 50.6. The molecule has 0 unspecified atom stereocenters. The largest absolute Gasteiger partial charge is 0.338 e. The molecule has 8 heteroatoms. The van der Waals surface area contributed by atoms with E-state index in [1.165, 1.54) is 18.0 Å². The van der Waals surface area contributed by atoms with Crippen LogP contribution in [0.5, 0.6) is 0 Å². The number of benzene rings is 1. The Morgan fingerprint density at radius 1 is 1.30 bits per heavy atom. The molecule has 1 amide bonds. The molecule has 1 aromatic rings. The van der Waals surface area contributed by atoms with Gasteiger partial charge in [-0.1, -0.05) is 6.07 Å². The van der Waals surface area contributed by atoms with Crippen molar-refractivity contribution in [1.29, 1.82) is 0 Å². The van der Waals surface area contributed by atoms with Crippen LogP contribution in [0.25, 0.3) is 0 Å². The summed E-state index contributed by atoms with van der Waals surface area (Å²) in [5.41, 5.74) is 0.390. The number of rotatable bonds is 6. The SMILES string of the molecule is CCN(Cc1ccc(F)c(F)c1)C(=O)CS(=O)(=O)NC. The van der Waals surface area contributed by atoms with Crippen LogP contribution >= 0.6 is 0 Å². The van der Waals surface area contributed by atoms with Crippen molar-refractivity contribution in [3.8, 4) is 0 Å². The fourth-order valence-electron chi connectivity index (χ4n) is 1.56. The highest BCUT2D eigenvalue weighted by atomic mass is 32.2. The van der Waals surface area contributed by atoms with Crippen molar-refractivity contribution >= 4 is 15.9 Å². The molecular formula is C12H16F2N2O3S. The molecule has 0 aliphatic carbocycles. The predicted molar refractivity (Wildman–Crippen MR) is 70.3 cm³/mol. The summed E-state index contributed by atoms with van der Waals surface area (Å²) in [6, 6.07) is 3.30. The Labute approximate surface area is 116 Å². The minimum atomic E-state index is -3.66. The van der Waals surface area contributed by atoms with Crippen molar-refractivity contribution in [2.75, 3.05) is 19.3 Å². The molecule has 112 valence electrons. The van der Waals surface area contributed by atoms with Crippen LogP contribution in [0.3, 0.4) is 0 Å². The monoisotopic (exact) mass is 306 g/mol. The molecular weight excluding hydrogens is 290 g/mol. The molecule has 0 fully saturated rings. The lowest BCUT2D eigenvalue weighted by atomic mass is 10.2. The second kappa shape index (κ2) is 6.76. The van der Waals surface area contributed by atoms with Crippen molar-refractivity contribution in [3.63, 3.8) is 0 Å². The molecule has 0 saturated carbocycles. The predicted octanol–water partition coefficient (Wildman–Crippen LogP) is 0.862. The highest BCUT2D eigenvalue weighted by Gasteiger charge is 2.20. The minimum Gasteiger partial charge on any atom is -0.338 e. The molecule has 0 atom stereocenters. The third kappa shape index (κ3) is 4.53. The highest BCUT2D eigenvalue weighted by molar-refractivity contribution is 7.90. The standard InChI is InChI=1S/C12H16F2N2O3S/c1-3-16(12(17)8-20(18,19)15-2)7-9-4-5-10(13)11(14)6-9/h4-6,15H,3,7-8H2,1-2H3. The molecule has 20 heavy (non-hydrogen) atoms. The van der Waals surface area contributed by atoms with E-state index >= 15 is 0 Å². The Morgan fingerprint density at radius 2 is 1.95 bits per heavy atom. The average molecular weight is 306 g/mol. The molecule has 1 N–H and O–H groups in total. The van der Waals surface area contributed by atoms with Gasteiger partial charge in [0.15, 0.2) is 11.6 Å². The zero-order valence-electron chi connectivity index (χ0n) is 11.2. The number of halogens is 2. The van der Waals surface area contributed by atoms with E-state index in [4.69, 9.17) is 0 Å². The van der Waals surface area contributed by atoms with Gasteiger partial charge in [0.25, 0.3) is 0 Å². The molecule has 0 aliphatic heterocycles. The Bertz CT molecular complexity index is 590. The molecule has 0 radical (unpaired) electrons. The summed E-state index contributed by atoms with van der Waals surface area (Å²) in [6.07, 6.45) is 0. The lowest BCUT2D eigenvalue weighted by Gasteiger charge is -2.21. The fraction of sp³-hybridized carbons (Fsp3) is 0.417. The van der Waals surface area contributed by atoms with Gasteiger partial charge < -0.3 is 4.90 Å². The summed E-state index contributed by atoms with van der Waals surface area (Å²) >= 11 is 0. The molecule has 0 saturated heterocycles. The van der Waals surface area contributed by atoms with Gasteiger partial charge in [0.05, 0.1) is 0 Å². The van der Waals surface area contributed by atoms with Crippen molar-refractivity contribution in [1.82, 2.24) is 9.62 Å². The molecule has 1 rings (SSSR count). The zero-order chi connectivity index (χ0) is 15.3. The molecule has 0 spiro atoms. The van der Waals surface area contributed by atoms with Gasteiger partial charge in [-0.3, -0.25) is 4.79 Å². The molecule has 0 heterocycles. The normalized spacial score (nSPS) is 11.4. The van der Waals surface area contributed by atoms with Crippen molar-refractivity contribution in [2.24, 2.45) is 0 Å². The van der Waals surface area contributed by atoms with Crippen molar-refractivity contribution in [3.05, 3.63) is 35.4 Å². The first kappa shape index (κ1) is 16.5. The van der Waals surface area contributed by atoms with E-state index in [0.29, 0.717) is 5.56 Å². The number of carbonyl (C=O) groups is 1. The summed E-state index contributed by atoms with van der Waals surface area (Å²) in [5.74, 6) is -3.26. The lowest BCUT2D eigenvalue weighted by molar-refractivity contribution is -0.128. The van der Waals surface area contributed by atoms with Gasteiger partial charge in [0.2, 0.25) is 15.9 Å². The molecule has 0 aromatic heterocycles. The Kier molecular flexibility index (Phi) is 5.58. The van der Waals surface area contributed by atoms with Crippen LogP contribution < -0.4 is 4.72 Å². The number of hydrogen-bond acceptors (Lipinski definition) is 3. The van der Waals surface area contributed by atoms with Gasteiger partial charge in [-0.25, -0.2) is 21.9 Å². The Morgan fingerprint density at radius 3 is 2.45 bits per heavy atom. The number of nitrogens with one attached hydrogen (secondary N) is 1. The summed E-state index contributed by atoms with van der Waals surface area (Å²) in [4.78, 5) is 13.1. The van der Waals surface area contributed by atoms with Crippen LogP contribution in [-0.2, 0) is 21.4 Å². The van der Waals surface area contributed by atoms with Crippen LogP contribution in [0.15, 0.2) is 18.2 Å². The van der Waals surface area contributed by atoms with Gasteiger partial charge in [-0.2, -0.15) is 0 Å². The topological polar surface area (TPSA) is 66.5 Å². The first-order chi connectivity index (χ1) is 9.29. The second-order valence-corrected chi connectivity index (χ2v) is 6.05. The van der Waals surface area contributed by atoms with Crippen LogP contribution in [0.2, 0.25) is 0 Å². The number of amides is 1. The number of hydrogen-bond donors (Lipinski definition) is 1. The smallest absolute Gasteiger partial charge is 0.239 e. The molecule has 0 bridgehead atoms. The van der Waals surface area contributed by atoms with Crippen LogP contribution in [0.4, 0.5) is 8.78 Å². The second-order valence-electron chi connectivity index (χ2n) is 4.12. The van der Waals surface area contributed by atoms with Gasteiger partial charge in [-0.15, -0.1) is 0 Å². The maximum Gasteiger partial charge on any atom is 0.239 e. The third-order valence-electron chi connectivity index (χ3n) is 2.72. The summed E-state index contributed by atoms with van der Waals surface area (Å²) in [6.45, 7) is 1.95. The lowest BCUT2D eigenvalue weighted by Crippen LogP contribution is -2.38. The summed E-state index contributed by atoms with van der Waals surface area (Å²) in [5, 5.41) is 0. The summed E-state index contributed by atoms with van der Waals surface area (Å²) in [7, 11) is -2.44. The first-order valence-electron chi connectivity index (χ1n) is 5.92.